The number of carbonyl (C=O) groups is 2. The average molecular weight is 855 g/mol. The van der Waals surface area contributed by atoms with Gasteiger partial charge >= 0.3 is 0 Å². The highest BCUT2D eigenvalue weighted by Gasteiger charge is 2.19. The summed E-state index contributed by atoms with van der Waals surface area (Å²) < 4.78 is 70.6. The van der Waals surface area contributed by atoms with Crippen LogP contribution in [0.2, 0.25) is 0 Å². The molecule has 0 atom stereocenters. The van der Waals surface area contributed by atoms with E-state index in [4.69, 9.17) is 11.5 Å². The van der Waals surface area contributed by atoms with E-state index in [0.29, 0.717) is 22.5 Å². The van der Waals surface area contributed by atoms with Gasteiger partial charge in [-0.15, -0.1) is 0 Å². The van der Waals surface area contributed by atoms with Gasteiger partial charge in [0.05, 0.1) is 0 Å². The Kier molecular flexibility index (Phi) is 12.1. The smallest absolute Gasteiger partial charge is 0.295 e. The number of aromatic nitrogens is 6. The van der Waals surface area contributed by atoms with Crippen LogP contribution in [0.3, 0.4) is 0 Å². The Labute approximate surface area is 341 Å². The SMILES string of the molecule is CNc1nc(Nc2ccc(C(N)=O)cc2)nc(Nc2ccc(/C=C/c3ccc(Nc4nc(NC)nc(Nc5ccc(C(N)=O)cc5)n4)cc3S(=O)(=O)O)c(S(=O)(=O)O)c2)n1. The summed E-state index contributed by atoms with van der Waals surface area (Å²) in [6.07, 6.45) is 2.47. The van der Waals surface area contributed by atoms with Gasteiger partial charge in [0.1, 0.15) is 9.79 Å². The van der Waals surface area contributed by atoms with Crippen LogP contribution in [0.4, 0.5) is 58.4 Å². The van der Waals surface area contributed by atoms with Crippen molar-refractivity contribution in [2.45, 2.75) is 9.79 Å². The number of hydrogen-bond acceptors (Lipinski definition) is 18. The Morgan fingerprint density at radius 3 is 1.05 bits per heavy atom. The second-order valence-corrected chi connectivity index (χ2v) is 15.1. The molecule has 0 aliphatic heterocycles. The lowest BCUT2D eigenvalue weighted by atomic mass is 10.1. The third kappa shape index (κ3) is 10.6. The summed E-state index contributed by atoms with van der Waals surface area (Å²) in [5.74, 6) is -0.803. The second-order valence-electron chi connectivity index (χ2n) is 12.3. The third-order valence-corrected chi connectivity index (χ3v) is 9.93. The Morgan fingerprint density at radius 1 is 0.483 bits per heavy atom. The number of carbonyl (C=O) groups excluding carboxylic acids is 2. The summed E-state index contributed by atoms with van der Waals surface area (Å²) in [4.78, 5) is 47.3. The number of primary amides is 2. The first kappa shape index (κ1) is 41.8. The number of hydrogen-bond donors (Lipinski definition) is 10. The van der Waals surface area contributed by atoms with Gasteiger partial charge in [0.25, 0.3) is 20.2 Å². The predicted molar refractivity (Wildman–Crippen MR) is 223 cm³/mol. The van der Waals surface area contributed by atoms with Crippen LogP contribution in [0.25, 0.3) is 12.2 Å². The standard InChI is InChI=1S/C36H34N14O8S2/c1-39-31-45-33(41-23-11-7-21(8-12-23)29(37)51)49-35(47-31)43-25-15-5-19(27(17-25)59(53,54)55)3-4-20-6-16-26(18-28(20)60(56,57)58)44-36-48-32(40-2)46-34(50-36)42-24-13-9-22(10-14-24)30(38)52/h3-18H,1-2H3,(H2,37,51)(H2,38,52)(H,53,54,55)(H,56,57,58)(H3,39,41,43,45,47,49)(H3,40,42,44,46,48,50)/b4-3+. The first-order valence-electron chi connectivity index (χ1n) is 17.1. The van der Waals surface area contributed by atoms with Gasteiger partial charge in [-0.3, -0.25) is 18.7 Å². The third-order valence-electron chi connectivity index (χ3n) is 8.11. The Hall–Kier alpha value is -7.80. The minimum absolute atomic E-state index is 0.0233. The van der Waals surface area contributed by atoms with Crippen LogP contribution in [-0.2, 0) is 20.2 Å². The van der Waals surface area contributed by atoms with Crippen LogP contribution in [0.15, 0.2) is 94.7 Å². The molecule has 60 heavy (non-hydrogen) atoms. The van der Waals surface area contributed by atoms with Gasteiger partial charge in [-0.1, -0.05) is 24.3 Å². The molecule has 0 saturated carbocycles. The number of anilines is 10. The average Bonchev–Trinajstić information content (AvgIpc) is 3.20. The van der Waals surface area contributed by atoms with E-state index < -0.39 is 41.8 Å². The molecule has 24 heteroatoms. The van der Waals surface area contributed by atoms with Crippen molar-refractivity contribution in [3.8, 4) is 0 Å². The van der Waals surface area contributed by atoms with Gasteiger partial charge in [-0.05, 0) is 83.9 Å². The van der Waals surface area contributed by atoms with E-state index in [0.717, 1.165) is 12.1 Å². The maximum absolute atomic E-state index is 12.6. The van der Waals surface area contributed by atoms with Crippen molar-refractivity contribution in [3.05, 3.63) is 107 Å². The molecule has 2 heterocycles. The number of rotatable bonds is 16. The molecule has 0 fully saturated rings. The molecule has 0 saturated heterocycles. The number of nitrogens with two attached hydrogens (primary N) is 2. The summed E-state index contributed by atoms with van der Waals surface area (Å²) in [6, 6.07) is 20.2. The fraction of sp³-hybridized carbons (Fsp3) is 0.0556. The van der Waals surface area contributed by atoms with Crippen molar-refractivity contribution in [3.63, 3.8) is 0 Å². The first-order chi connectivity index (χ1) is 28.5. The predicted octanol–water partition coefficient (Wildman–Crippen LogP) is 3.98. The molecule has 308 valence electrons. The highest BCUT2D eigenvalue weighted by atomic mass is 32.2. The van der Waals surface area contributed by atoms with Crippen molar-refractivity contribution >= 4 is 103 Å². The summed E-state index contributed by atoms with van der Waals surface area (Å²) in [5, 5.41) is 17.3. The maximum atomic E-state index is 12.6. The van der Waals surface area contributed by atoms with Crippen LogP contribution in [0.5, 0.6) is 0 Å². The lowest BCUT2D eigenvalue weighted by molar-refractivity contribution is 0.0992. The molecule has 6 aromatic rings. The molecule has 4 aromatic carbocycles. The normalized spacial score (nSPS) is 11.5. The fourth-order valence-electron chi connectivity index (χ4n) is 5.28. The molecule has 0 bridgehead atoms. The molecular formula is C36H34N14O8S2. The number of amides is 2. The first-order valence-corrected chi connectivity index (χ1v) is 20.0. The van der Waals surface area contributed by atoms with Crippen molar-refractivity contribution in [2.24, 2.45) is 11.5 Å². The molecule has 0 aliphatic carbocycles. The van der Waals surface area contributed by atoms with Crippen molar-refractivity contribution in [1.82, 2.24) is 29.9 Å². The Bertz CT molecular complexity index is 2670. The maximum Gasteiger partial charge on any atom is 0.295 e. The minimum atomic E-state index is -4.87. The second kappa shape index (κ2) is 17.4. The molecule has 0 unspecified atom stereocenters. The molecule has 0 radical (unpaired) electrons. The van der Waals surface area contributed by atoms with Crippen molar-refractivity contribution in [1.29, 1.82) is 0 Å². The van der Waals surface area contributed by atoms with E-state index >= 15 is 0 Å². The highest BCUT2D eigenvalue weighted by molar-refractivity contribution is 7.86. The lowest BCUT2D eigenvalue weighted by Gasteiger charge is -2.12. The monoisotopic (exact) mass is 854 g/mol. The zero-order chi connectivity index (χ0) is 43.2. The zero-order valence-corrected chi connectivity index (χ0v) is 32.9. The van der Waals surface area contributed by atoms with Crippen LogP contribution < -0.4 is 43.4 Å². The van der Waals surface area contributed by atoms with Gasteiger partial charge in [-0.25, -0.2) is 0 Å². The van der Waals surface area contributed by atoms with E-state index in [9.17, 15) is 35.5 Å². The van der Waals surface area contributed by atoms with Gasteiger partial charge in [0.15, 0.2) is 0 Å². The van der Waals surface area contributed by atoms with Crippen molar-refractivity contribution < 1.29 is 35.5 Å². The molecule has 6 rings (SSSR count). The molecular weight excluding hydrogens is 821 g/mol. The molecule has 0 spiro atoms. The fourth-order valence-corrected chi connectivity index (χ4v) is 6.70. The van der Waals surface area contributed by atoms with Gasteiger partial charge in [-0.2, -0.15) is 46.7 Å². The van der Waals surface area contributed by atoms with Crippen LogP contribution >= 0.6 is 0 Å². The van der Waals surface area contributed by atoms with Crippen LogP contribution in [0, 0.1) is 0 Å². The zero-order valence-electron chi connectivity index (χ0n) is 31.2. The van der Waals surface area contributed by atoms with E-state index in [1.165, 1.54) is 60.7 Å². The van der Waals surface area contributed by atoms with Gasteiger partial charge in [0.2, 0.25) is 47.5 Å². The number of nitrogens with zero attached hydrogens (tertiary/aromatic N) is 6. The van der Waals surface area contributed by atoms with E-state index in [-0.39, 0.29) is 58.2 Å². The molecule has 22 nitrogen and oxygen atoms in total. The lowest BCUT2D eigenvalue weighted by Crippen LogP contribution is -2.11. The minimum Gasteiger partial charge on any atom is -0.366 e. The van der Waals surface area contributed by atoms with Crippen LogP contribution in [-0.4, -0.2) is 81.8 Å². The summed E-state index contributed by atoms with van der Waals surface area (Å²) in [5.41, 5.74) is 12.4. The van der Waals surface area contributed by atoms with Crippen LogP contribution in [0.1, 0.15) is 31.8 Å². The number of nitrogens with one attached hydrogen (secondary N) is 6. The topological polar surface area (TPSA) is 344 Å². The Balaban J connectivity index is 1.24. The Morgan fingerprint density at radius 2 is 0.767 bits per heavy atom. The number of benzene rings is 4. The summed E-state index contributed by atoms with van der Waals surface area (Å²) in [6.45, 7) is 0. The molecule has 2 aromatic heterocycles. The quantitative estimate of drug-likeness (QED) is 0.0486. The van der Waals surface area contributed by atoms with E-state index in [1.54, 1.807) is 38.4 Å². The highest BCUT2D eigenvalue weighted by Crippen LogP contribution is 2.29. The summed E-state index contributed by atoms with van der Waals surface area (Å²) in [7, 11) is -6.59. The molecule has 2 amide bonds. The molecule has 12 N–H and O–H groups in total. The summed E-state index contributed by atoms with van der Waals surface area (Å²) >= 11 is 0. The molecule has 0 aliphatic rings. The van der Waals surface area contributed by atoms with Gasteiger partial charge < -0.3 is 43.4 Å². The largest absolute Gasteiger partial charge is 0.366 e. The van der Waals surface area contributed by atoms with Crippen molar-refractivity contribution in [2.75, 3.05) is 46.0 Å². The van der Waals surface area contributed by atoms with Gasteiger partial charge in [0, 0.05) is 48.0 Å². The van der Waals surface area contributed by atoms with E-state index in [2.05, 4.69) is 61.8 Å². The van der Waals surface area contributed by atoms with E-state index in [1.807, 2.05) is 0 Å².